The van der Waals surface area contributed by atoms with Gasteiger partial charge in [-0.05, 0) is 81.6 Å². The third kappa shape index (κ3) is 5.42. The maximum atomic E-state index is 13.2. The molecule has 0 radical (unpaired) electrons. The molecule has 5 heteroatoms. The Morgan fingerprint density at radius 2 is 1.83 bits per heavy atom. The van der Waals surface area contributed by atoms with Crippen molar-refractivity contribution >= 4 is 5.91 Å². The Balaban J connectivity index is 1.24. The van der Waals surface area contributed by atoms with Gasteiger partial charge in [0.15, 0.2) is 0 Å². The molecule has 4 heterocycles. The van der Waals surface area contributed by atoms with E-state index in [2.05, 4.69) is 39.6 Å². The smallest absolute Gasteiger partial charge is 0.226 e. The molecule has 0 spiro atoms. The molecular weight excluding hydrogens is 372 g/mol. The summed E-state index contributed by atoms with van der Waals surface area (Å²) < 4.78 is 0. The topological polar surface area (TPSA) is 39.7 Å². The van der Waals surface area contributed by atoms with E-state index in [4.69, 9.17) is 0 Å². The summed E-state index contributed by atoms with van der Waals surface area (Å²) in [5.74, 6) is 2.21. The SMILES string of the molecule is CC(C)C1CCN(C(=O)C2CCCN(C3CCN(Cc4cccnc4)CC3)C2)CC1. The Morgan fingerprint density at radius 1 is 1.07 bits per heavy atom. The second-order valence-corrected chi connectivity index (χ2v) is 10.1. The quantitative estimate of drug-likeness (QED) is 0.740. The van der Waals surface area contributed by atoms with Gasteiger partial charge in [-0.15, -0.1) is 0 Å². The first kappa shape index (κ1) is 21.8. The number of likely N-dealkylation sites (tertiary alicyclic amines) is 3. The van der Waals surface area contributed by atoms with E-state index in [1.165, 1.54) is 44.2 Å². The Bertz CT molecular complexity index is 663. The number of rotatable bonds is 5. The van der Waals surface area contributed by atoms with Crippen molar-refractivity contribution in [2.24, 2.45) is 17.8 Å². The fraction of sp³-hybridized carbons (Fsp3) is 0.760. The number of hydrogen-bond acceptors (Lipinski definition) is 4. The van der Waals surface area contributed by atoms with Crippen LogP contribution in [0.15, 0.2) is 24.5 Å². The van der Waals surface area contributed by atoms with Gasteiger partial charge >= 0.3 is 0 Å². The average Bonchev–Trinajstić information content (AvgIpc) is 2.80. The first-order chi connectivity index (χ1) is 14.6. The number of pyridine rings is 1. The molecule has 1 unspecified atom stereocenters. The molecule has 3 aliphatic rings. The molecule has 0 bridgehead atoms. The fourth-order valence-electron chi connectivity index (χ4n) is 5.78. The molecule has 3 fully saturated rings. The van der Waals surface area contributed by atoms with Crippen LogP contribution in [0.25, 0.3) is 0 Å². The summed E-state index contributed by atoms with van der Waals surface area (Å²) in [6.07, 6.45) is 10.9. The number of hydrogen-bond donors (Lipinski definition) is 0. The third-order valence-corrected chi connectivity index (χ3v) is 7.80. The molecule has 1 aromatic rings. The molecule has 5 nitrogen and oxygen atoms in total. The first-order valence-corrected chi connectivity index (χ1v) is 12.2. The molecule has 166 valence electrons. The van der Waals surface area contributed by atoms with Gasteiger partial charge < -0.3 is 4.90 Å². The highest BCUT2D eigenvalue weighted by Gasteiger charge is 2.34. The van der Waals surface area contributed by atoms with Crippen molar-refractivity contribution in [3.8, 4) is 0 Å². The number of aromatic nitrogens is 1. The predicted octanol–water partition coefficient (Wildman–Crippen LogP) is 3.65. The minimum atomic E-state index is 0.225. The molecule has 0 N–H and O–H groups in total. The summed E-state index contributed by atoms with van der Waals surface area (Å²) in [6, 6.07) is 4.85. The Labute approximate surface area is 182 Å². The number of carbonyl (C=O) groups is 1. The van der Waals surface area contributed by atoms with Crippen LogP contribution in [0.4, 0.5) is 0 Å². The molecule has 3 aliphatic heterocycles. The monoisotopic (exact) mass is 412 g/mol. The van der Waals surface area contributed by atoms with E-state index in [0.29, 0.717) is 11.9 Å². The molecule has 0 saturated carbocycles. The molecule has 1 atom stereocenters. The van der Waals surface area contributed by atoms with Gasteiger partial charge in [0, 0.05) is 44.6 Å². The zero-order chi connectivity index (χ0) is 20.9. The lowest BCUT2D eigenvalue weighted by Gasteiger charge is -2.43. The van der Waals surface area contributed by atoms with Crippen molar-refractivity contribution in [3.05, 3.63) is 30.1 Å². The highest BCUT2D eigenvalue weighted by molar-refractivity contribution is 5.79. The highest BCUT2D eigenvalue weighted by atomic mass is 16.2. The first-order valence-electron chi connectivity index (χ1n) is 12.2. The minimum Gasteiger partial charge on any atom is -0.342 e. The zero-order valence-corrected chi connectivity index (χ0v) is 19.0. The number of amides is 1. The maximum Gasteiger partial charge on any atom is 0.226 e. The van der Waals surface area contributed by atoms with Crippen LogP contribution in [0.5, 0.6) is 0 Å². The fourth-order valence-corrected chi connectivity index (χ4v) is 5.78. The summed E-state index contributed by atoms with van der Waals surface area (Å²) in [4.78, 5) is 24.8. The van der Waals surface area contributed by atoms with Crippen LogP contribution in [0.3, 0.4) is 0 Å². The maximum absolute atomic E-state index is 13.2. The molecule has 3 saturated heterocycles. The van der Waals surface area contributed by atoms with Gasteiger partial charge in [0.1, 0.15) is 0 Å². The molecule has 0 aliphatic carbocycles. The van der Waals surface area contributed by atoms with E-state index in [1.54, 1.807) is 0 Å². The largest absolute Gasteiger partial charge is 0.342 e. The van der Waals surface area contributed by atoms with E-state index in [9.17, 15) is 4.79 Å². The normalized spacial score (nSPS) is 25.7. The summed E-state index contributed by atoms with van der Waals surface area (Å²) in [5.41, 5.74) is 1.31. The van der Waals surface area contributed by atoms with Crippen molar-refractivity contribution in [1.29, 1.82) is 0 Å². The van der Waals surface area contributed by atoms with Gasteiger partial charge in [0.25, 0.3) is 0 Å². The van der Waals surface area contributed by atoms with Crippen molar-refractivity contribution in [2.75, 3.05) is 39.3 Å². The molecule has 1 aromatic heterocycles. The summed E-state index contributed by atoms with van der Waals surface area (Å²) >= 11 is 0. The molecule has 30 heavy (non-hydrogen) atoms. The van der Waals surface area contributed by atoms with Crippen LogP contribution < -0.4 is 0 Å². The second kappa shape index (κ2) is 10.2. The van der Waals surface area contributed by atoms with E-state index < -0.39 is 0 Å². The minimum absolute atomic E-state index is 0.225. The lowest BCUT2D eigenvalue weighted by atomic mass is 9.86. The highest BCUT2D eigenvalue weighted by Crippen LogP contribution is 2.29. The van der Waals surface area contributed by atoms with E-state index in [-0.39, 0.29) is 5.92 Å². The van der Waals surface area contributed by atoms with E-state index in [0.717, 1.165) is 57.5 Å². The third-order valence-electron chi connectivity index (χ3n) is 7.80. The second-order valence-electron chi connectivity index (χ2n) is 10.1. The van der Waals surface area contributed by atoms with Crippen LogP contribution >= 0.6 is 0 Å². The summed E-state index contributed by atoms with van der Waals surface area (Å²) in [5, 5.41) is 0. The van der Waals surface area contributed by atoms with Crippen LogP contribution in [-0.4, -0.2) is 70.9 Å². The predicted molar refractivity (Wildman–Crippen MR) is 121 cm³/mol. The van der Waals surface area contributed by atoms with Crippen LogP contribution in [0, 0.1) is 17.8 Å². The van der Waals surface area contributed by atoms with E-state index in [1.807, 2.05) is 18.5 Å². The number of nitrogens with zero attached hydrogens (tertiary/aromatic N) is 4. The average molecular weight is 413 g/mol. The van der Waals surface area contributed by atoms with Crippen molar-refractivity contribution in [1.82, 2.24) is 19.7 Å². The zero-order valence-electron chi connectivity index (χ0n) is 19.0. The Morgan fingerprint density at radius 3 is 2.50 bits per heavy atom. The standard InChI is InChI=1S/C25H40N4O/c1-20(2)22-7-15-28(16-8-22)25(30)23-6-4-12-29(19-23)24-9-13-27(14-10-24)18-21-5-3-11-26-17-21/h3,5,11,17,20,22-24H,4,6-10,12-16,18-19H2,1-2H3. The lowest BCUT2D eigenvalue weighted by molar-refractivity contribution is -0.139. The molecule has 1 amide bonds. The summed E-state index contributed by atoms with van der Waals surface area (Å²) in [6.45, 7) is 12.1. The Hall–Kier alpha value is -1.46. The van der Waals surface area contributed by atoms with Gasteiger partial charge in [0.2, 0.25) is 5.91 Å². The molecule has 4 rings (SSSR count). The van der Waals surface area contributed by atoms with Crippen molar-refractivity contribution < 1.29 is 4.79 Å². The van der Waals surface area contributed by atoms with Gasteiger partial charge in [-0.3, -0.25) is 19.6 Å². The summed E-state index contributed by atoms with van der Waals surface area (Å²) in [7, 11) is 0. The van der Waals surface area contributed by atoms with Gasteiger partial charge in [-0.2, -0.15) is 0 Å². The van der Waals surface area contributed by atoms with Crippen molar-refractivity contribution in [3.63, 3.8) is 0 Å². The number of carbonyl (C=O) groups excluding carboxylic acids is 1. The lowest BCUT2D eigenvalue weighted by Crippen LogP contribution is -2.52. The van der Waals surface area contributed by atoms with Gasteiger partial charge in [-0.1, -0.05) is 19.9 Å². The van der Waals surface area contributed by atoms with Crippen LogP contribution in [0.1, 0.15) is 57.9 Å². The van der Waals surface area contributed by atoms with Gasteiger partial charge in [0.05, 0.1) is 5.92 Å². The van der Waals surface area contributed by atoms with Crippen LogP contribution in [-0.2, 0) is 11.3 Å². The van der Waals surface area contributed by atoms with Gasteiger partial charge in [-0.25, -0.2) is 0 Å². The number of piperidine rings is 3. The van der Waals surface area contributed by atoms with Crippen molar-refractivity contribution in [2.45, 2.75) is 65.0 Å². The van der Waals surface area contributed by atoms with E-state index >= 15 is 0 Å². The van der Waals surface area contributed by atoms with Crippen LogP contribution in [0.2, 0.25) is 0 Å². The Kier molecular flexibility index (Phi) is 7.42. The molecule has 0 aromatic carbocycles. The molecular formula is C25H40N4O.